The van der Waals surface area contributed by atoms with Crippen LogP contribution in [0.15, 0.2) is 53.4 Å². The molecule has 0 unspecified atom stereocenters. The molecule has 192 valence electrons. The van der Waals surface area contributed by atoms with Crippen LogP contribution in [0.25, 0.3) is 11.1 Å². The van der Waals surface area contributed by atoms with Gasteiger partial charge in [0.05, 0.1) is 5.69 Å². The highest BCUT2D eigenvalue weighted by molar-refractivity contribution is 7.99. The van der Waals surface area contributed by atoms with E-state index >= 15 is 0 Å². The molecule has 0 saturated heterocycles. The molecule has 2 atom stereocenters. The van der Waals surface area contributed by atoms with E-state index in [1.807, 2.05) is 42.5 Å². The van der Waals surface area contributed by atoms with Gasteiger partial charge in [0, 0.05) is 24.0 Å². The van der Waals surface area contributed by atoms with Crippen LogP contribution in [-0.4, -0.2) is 64.3 Å². The Morgan fingerprint density at radius 2 is 1.69 bits per heavy atom. The van der Waals surface area contributed by atoms with Crippen molar-refractivity contribution in [3.63, 3.8) is 0 Å². The monoisotopic (exact) mass is 516 g/mol. The number of hydrogen-bond donors (Lipinski definition) is 6. The van der Waals surface area contributed by atoms with Crippen molar-refractivity contribution in [1.82, 2.24) is 10.6 Å². The summed E-state index contributed by atoms with van der Waals surface area (Å²) in [5.74, 6) is -4.12. The number of nitrogens with one attached hydrogen (secondary N) is 3. The van der Waals surface area contributed by atoms with Crippen molar-refractivity contribution in [2.24, 2.45) is 5.73 Å². The van der Waals surface area contributed by atoms with Crippen LogP contribution in [0.1, 0.15) is 19.8 Å². The first kappa shape index (κ1) is 28.3. The minimum absolute atomic E-state index is 0.00695. The first-order chi connectivity index (χ1) is 17.1. The SMILES string of the molecule is CC(=O)Nc1ccc(-c2ccccc2)cc1SC[C@H](NC(=O)CC[C@H](N)C(=O)O)C(=O)NCC(=O)O. The predicted octanol–water partition coefficient (Wildman–Crippen LogP) is 1.28. The van der Waals surface area contributed by atoms with Crippen LogP contribution in [0.5, 0.6) is 0 Å². The van der Waals surface area contributed by atoms with Gasteiger partial charge in [-0.15, -0.1) is 11.8 Å². The van der Waals surface area contributed by atoms with Crippen molar-refractivity contribution in [2.45, 2.75) is 36.7 Å². The maximum absolute atomic E-state index is 12.6. The number of carboxylic acid groups (broad SMARTS) is 2. The first-order valence-electron chi connectivity index (χ1n) is 10.9. The van der Waals surface area contributed by atoms with E-state index in [0.29, 0.717) is 10.6 Å². The van der Waals surface area contributed by atoms with Gasteiger partial charge >= 0.3 is 11.9 Å². The maximum Gasteiger partial charge on any atom is 0.322 e. The number of carbonyl (C=O) groups is 5. The fourth-order valence-electron chi connectivity index (χ4n) is 3.06. The molecular weight excluding hydrogens is 488 g/mol. The van der Waals surface area contributed by atoms with Crippen LogP contribution < -0.4 is 21.7 Å². The van der Waals surface area contributed by atoms with Gasteiger partial charge in [-0.3, -0.25) is 24.0 Å². The number of aliphatic carboxylic acids is 2. The summed E-state index contributed by atoms with van der Waals surface area (Å²) in [6.45, 7) is 0.726. The van der Waals surface area contributed by atoms with E-state index in [0.717, 1.165) is 11.1 Å². The van der Waals surface area contributed by atoms with Crippen molar-refractivity contribution in [1.29, 1.82) is 0 Å². The summed E-state index contributed by atoms with van der Waals surface area (Å²) in [5.41, 5.74) is 7.74. The lowest BCUT2D eigenvalue weighted by molar-refractivity contribution is -0.139. The molecule has 0 aromatic heterocycles. The lowest BCUT2D eigenvalue weighted by atomic mass is 10.1. The third-order valence-electron chi connectivity index (χ3n) is 4.87. The summed E-state index contributed by atoms with van der Waals surface area (Å²) in [7, 11) is 0. The number of hydrogen-bond acceptors (Lipinski definition) is 7. The highest BCUT2D eigenvalue weighted by Gasteiger charge is 2.23. The number of amides is 3. The molecule has 2 aromatic carbocycles. The fourth-order valence-corrected chi connectivity index (χ4v) is 4.13. The Kier molecular flexibility index (Phi) is 10.9. The summed E-state index contributed by atoms with van der Waals surface area (Å²) in [6, 6.07) is 12.6. The topological polar surface area (TPSA) is 188 Å². The van der Waals surface area contributed by atoms with Crippen LogP contribution in [0.4, 0.5) is 5.69 Å². The molecule has 36 heavy (non-hydrogen) atoms. The van der Waals surface area contributed by atoms with Gasteiger partial charge in [0.1, 0.15) is 18.6 Å². The zero-order valence-electron chi connectivity index (χ0n) is 19.5. The largest absolute Gasteiger partial charge is 0.480 e. The molecule has 0 aliphatic heterocycles. The summed E-state index contributed by atoms with van der Waals surface area (Å²) >= 11 is 1.18. The van der Waals surface area contributed by atoms with E-state index in [1.165, 1.54) is 18.7 Å². The second-order valence-electron chi connectivity index (χ2n) is 7.78. The number of nitrogens with two attached hydrogens (primary N) is 1. The predicted molar refractivity (Wildman–Crippen MR) is 134 cm³/mol. The Balaban J connectivity index is 2.22. The number of carboxylic acids is 2. The highest BCUT2D eigenvalue weighted by atomic mass is 32.2. The minimum Gasteiger partial charge on any atom is -0.480 e. The smallest absolute Gasteiger partial charge is 0.322 e. The Morgan fingerprint density at radius 1 is 1.00 bits per heavy atom. The summed E-state index contributed by atoms with van der Waals surface area (Å²) in [4.78, 5) is 59.0. The molecule has 2 aromatic rings. The van der Waals surface area contributed by atoms with E-state index in [2.05, 4.69) is 16.0 Å². The molecule has 2 rings (SSSR count). The normalized spacial score (nSPS) is 12.2. The van der Waals surface area contributed by atoms with E-state index in [-0.39, 0.29) is 24.5 Å². The van der Waals surface area contributed by atoms with Crippen LogP contribution in [0.3, 0.4) is 0 Å². The van der Waals surface area contributed by atoms with Crippen LogP contribution in [0.2, 0.25) is 0 Å². The van der Waals surface area contributed by atoms with E-state index in [1.54, 1.807) is 6.07 Å². The van der Waals surface area contributed by atoms with E-state index in [4.69, 9.17) is 15.9 Å². The molecule has 0 spiro atoms. The van der Waals surface area contributed by atoms with Crippen LogP contribution in [0, 0.1) is 0 Å². The zero-order valence-corrected chi connectivity index (χ0v) is 20.3. The number of benzene rings is 2. The number of rotatable bonds is 13. The van der Waals surface area contributed by atoms with Crippen molar-refractivity contribution in [3.05, 3.63) is 48.5 Å². The van der Waals surface area contributed by atoms with Gasteiger partial charge in [-0.05, 0) is 29.7 Å². The van der Waals surface area contributed by atoms with E-state index < -0.39 is 42.4 Å². The van der Waals surface area contributed by atoms with Gasteiger partial charge in [-0.25, -0.2) is 0 Å². The third kappa shape index (κ3) is 9.39. The number of carbonyl (C=O) groups excluding carboxylic acids is 3. The van der Waals surface area contributed by atoms with Gasteiger partial charge in [0.25, 0.3) is 0 Å². The van der Waals surface area contributed by atoms with Crippen molar-refractivity contribution < 1.29 is 34.2 Å². The van der Waals surface area contributed by atoms with Crippen molar-refractivity contribution in [2.75, 3.05) is 17.6 Å². The molecule has 7 N–H and O–H groups in total. The summed E-state index contributed by atoms with van der Waals surface area (Å²) in [5, 5.41) is 25.2. The van der Waals surface area contributed by atoms with Gasteiger partial charge in [-0.1, -0.05) is 36.4 Å². The molecule has 0 aliphatic carbocycles. The summed E-state index contributed by atoms with van der Waals surface area (Å²) < 4.78 is 0. The first-order valence-corrected chi connectivity index (χ1v) is 11.9. The lowest BCUT2D eigenvalue weighted by Gasteiger charge is -2.19. The number of anilines is 1. The van der Waals surface area contributed by atoms with Gasteiger partial charge in [0.2, 0.25) is 17.7 Å². The molecular formula is C24H28N4O7S. The highest BCUT2D eigenvalue weighted by Crippen LogP contribution is 2.33. The minimum atomic E-state index is -1.25. The average molecular weight is 517 g/mol. The van der Waals surface area contributed by atoms with Crippen molar-refractivity contribution >= 4 is 47.1 Å². The van der Waals surface area contributed by atoms with E-state index in [9.17, 15) is 24.0 Å². The lowest BCUT2D eigenvalue weighted by Crippen LogP contribution is -2.49. The molecule has 12 heteroatoms. The molecule has 3 amide bonds. The van der Waals surface area contributed by atoms with Crippen LogP contribution in [-0.2, 0) is 24.0 Å². The van der Waals surface area contributed by atoms with Crippen molar-refractivity contribution in [3.8, 4) is 11.1 Å². The second kappa shape index (κ2) is 13.9. The average Bonchev–Trinajstić information content (AvgIpc) is 2.84. The Labute approximate surface area is 211 Å². The Morgan fingerprint density at radius 3 is 2.31 bits per heavy atom. The molecule has 0 radical (unpaired) electrons. The molecule has 0 saturated carbocycles. The fraction of sp³-hybridized carbons (Fsp3) is 0.292. The quantitative estimate of drug-likeness (QED) is 0.213. The molecule has 0 bridgehead atoms. The summed E-state index contributed by atoms with van der Waals surface area (Å²) in [6.07, 6.45) is -0.370. The third-order valence-corrected chi connectivity index (χ3v) is 6.02. The van der Waals surface area contributed by atoms with Gasteiger partial charge in [-0.2, -0.15) is 0 Å². The van der Waals surface area contributed by atoms with Gasteiger partial charge in [0.15, 0.2) is 0 Å². The van der Waals surface area contributed by atoms with Crippen LogP contribution >= 0.6 is 11.8 Å². The second-order valence-corrected chi connectivity index (χ2v) is 8.85. The maximum atomic E-state index is 12.6. The molecule has 11 nitrogen and oxygen atoms in total. The Bertz CT molecular complexity index is 1110. The van der Waals surface area contributed by atoms with Gasteiger partial charge < -0.3 is 31.9 Å². The molecule has 0 aliphatic rings. The Hall–Kier alpha value is -3.90. The molecule has 0 fully saturated rings. The molecule has 0 heterocycles. The zero-order chi connectivity index (χ0) is 26.7. The standard InChI is InChI=1S/C24H28N4O7S/c1-14(29)27-18-9-7-16(15-5-3-2-4-6-15)11-20(18)36-13-19(23(33)26-12-22(31)32)28-21(30)10-8-17(25)24(34)35/h2-7,9,11,17,19H,8,10,12-13,25H2,1H3,(H,26,33)(H,27,29)(H,28,30)(H,31,32)(H,34,35)/t17-,19-/m0/s1. The number of thioether (sulfide) groups is 1.